The van der Waals surface area contributed by atoms with Gasteiger partial charge in [0.25, 0.3) is 5.91 Å². The van der Waals surface area contributed by atoms with Crippen molar-refractivity contribution in [2.75, 3.05) is 23.8 Å². The number of nitrogens with one attached hydrogen (secondary N) is 3. The first kappa shape index (κ1) is 24.3. The second-order valence-corrected chi connectivity index (χ2v) is 8.24. The maximum Gasteiger partial charge on any atom is 0.408 e. The van der Waals surface area contributed by atoms with Crippen molar-refractivity contribution in [1.82, 2.24) is 5.32 Å². The average molecular weight is 468 g/mol. The summed E-state index contributed by atoms with van der Waals surface area (Å²) in [6.45, 7) is 4.64. The maximum atomic E-state index is 12.1. The number of ether oxygens (including phenoxy) is 2. The Bertz CT molecular complexity index is 960. The molecule has 2 aromatic rings. The standard InChI is InChI=1S/C21H23Cl2N3O5/c1-21(2,3)31-20(29)24-11-18(27)25-14-5-4-6-15(10-14)26-19(28)12-30-17-8-7-13(22)9-16(17)23/h4-10H,11-12H2,1-3H3,(H,24,29)(H,25,27)(H,26,28). The molecule has 0 aliphatic heterocycles. The van der Waals surface area contributed by atoms with E-state index in [9.17, 15) is 14.4 Å². The highest BCUT2D eigenvalue weighted by Crippen LogP contribution is 2.27. The van der Waals surface area contributed by atoms with E-state index in [0.717, 1.165) is 0 Å². The lowest BCUT2D eigenvalue weighted by Gasteiger charge is -2.19. The molecule has 0 bridgehead atoms. The van der Waals surface area contributed by atoms with Gasteiger partial charge >= 0.3 is 6.09 Å². The Morgan fingerprint density at radius 3 is 2.19 bits per heavy atom. The second kappa shape index (κ2) is 10.9. The minimum absolute atomic E-state index is 0.263. The SMILES string of the molecule is CC(C)(C)OC(=O)NCC(=O)Nc1cccc(NC(=O)COc2ccc(Cl)cc2Cl)c1. The molecule has 0 aliphatic rings. The molecule has 3 N–H and O–H groups in total. The molecular formula is C21H23Cl2N3O5. The third-order valence-corrected chi connectivity index (χ3v) is 4.01. The van der Waals surface area contributed by atoms with E-state index in [1.54, 1.807) is 57.2 Å². The minimum Gasteiger partial charge on any atom is -0.482 e. The minimum atomic E-state index is -0.690. The number of hydrogen-bond donors (Lipinski definition) is 3. The third kappa shape index (κ3) is 9.15. The molecule has 0 fully saturated rings. The highest BCUT2D eigenvalue weighted by Gasteiger charge is 2.16. The summed E-state index contributed by atoms with van der Waals surface area (Å²) in [5.74, 6) is -0.532. The van der Waals surface area contributed by atoms with Crippen molar-refractivity contribution in [3.63, 3.8) is 0 Å². The largest absolute Gasteiger partial charge is 0.482 e. The number of amides is 3. The zero-order valence-electron chi connectivity index (χ0n) is 17.3. The van der Waals surface area contributed by atoms with Gasteiger partial charge in [-0.15, -0.1) is 0 Å². The van der Waals surface area contributed by atoms with Crippen LogP contribution in [-0.2, 0) is 14.3 Å². The number of hydrogen-bond acceptors (Lipinski definition) is 5. The molecule has 2 aromatic carbocycles. The van der Waals surface area contributed by atoms with E-state index in [1.807, 2.05) is 0 Å². The fourth-order valence-electron chi connectivity index (χ4n) is 2.28. The van der Waals surface area contributed by atoms with Crippen LogP contribution in [-0.4, -0.2) is 36.7 Å². The summed E-state index contributed by atoms with van der Waals surface area (Å²) >= 11 is 11.8. The molecule has 31 heavy (non-hydrogen) atoms. The van der Waals surface area contributed by atoms with Crippen molar-refractivity contribution in [3.8, 4) is 5.75 Å². The molecule has 8 nitrogen and oxygen atoms in total. The lowest BCUT2D eigenvalue weighted by atomic mass is 10.2. The van der Waals surface area contributed by atoms with Crippen LogP contribution in [0.3, 0.4) is 0 Å². The zero-order valence-corrected chi connectivity index (χ0v) is 18.8. The molecule has 166 valence electrons. The Morgan fingerprint density at radius 1 is 0.935 bits per heavy atom. The molecule has 0 saturated heterocycles. The summed E-state index contributed by atoms with van der Waals surface area (Å²) in [6, 6.07) is 11.2. The van der Waals surface area contributed by atoms with E-state index in [4.69, 9.17) is 32.7 Å². The summed E-state index contributed by atoms with van der Waals surface area (Å²) < 4.78 is 10.5. The molecule has 0 radical (unpaired) electrons. The first-order valence-electron chi connectivity index (χ1n) is 9.26. The molecule has 0 spiro atoms. The molecule has 0 unspecified atom stereocenters. The van der Waals surface area contributed by atoms with Crippen LogP contribution in [0.5, 0.6) is 5.75 Å². The highest BCUT2D eigenvalue weighted by molar-refractivity contribution is 6.35. The molecule has 0 saturated carbocycles. The van der Waals surface area contributed by atoms with Gasteiger partial charge in [-0.1, -0.05) is 29.3 Å². The summed E-state index contributed by atoms with van der Waals surface area (Å²) in [5.41, 5.74) is 0.236. The maximum absolute atomic E-state index is 12.1. The van der Waals surface area contributed by atoms with Crippen molar-refractivity contribution in [2.24, 2.45) is 0 Å². The molecule has 3 amide bonds. The van der Waals surface area contributed by atoms with Gasteiger partial charge < -0.3 is 25.4 Å². The van der Waals surface area contributed by atoms with Gasteiger partial charge in [0.1, 0.15) is 17.9 Å². The van der Waals surface area contributed by atoms with Crippen LogP contribution >= 0.6 is 23.2 Å². The zero-order chi connectivity index (χ0) is 23.0. The Kier molecular flexibility index (Phi) is 8.53. The van der Waals surface area contributed by atoms with Gasteiger partial charge in [-0.25, -0.2) is 4.79 Å². The van der Waals surface area contributed by atoms with E-state index in [-0.39, 0.29) is 13.2 Å². The van der Waals surface area contributed by atoms with Crippen molar-refractivity contribution in [2.45, 2.75) is 26.4 Å². The van der Waals surface area contributed by atoms with E-state index in [1.165, 1.54) is 6.07 Å². The number of rotatable bonds is 7. The van der Waals surface area contributed by atoms with Crippen molar-refractivity contribution >= 4 is 52.5 Å². The van der Waals surface area contributed by atoms with Gasteiger partial charge in [0.15, 0.2) is 6.61 Å². The average Bonchev–Trinajstić information content (AvgIpc) is 2.64. The van der Waals surface area contributed by atoms with E-state index >= 15 is 0 Å². The normalized spacial score (nSPS) is 10.7. The fraction of sp³-hybridized carbons (Fsp3) is 0.286. The lowest BCUT2D eigenvalue weighted by Crippen LogP contribution is -2.37. The second-order valence-electron chi connectivity index (χ2n) is 7.40. The molecule has 0 aliphatic carbocycles. The first-order chi connectivity index (χ1) is 14.5. The Labute approximate surface area is 190 Å². The Balaban J connectivity index is 1.83. The summed E-state index contributed by atoms with van der Waals surface area (Å²) in [5, 5.41) is 8.41. The molecular weight excluding hydrogens is 445 g/mol. The monoisotopic (exact) mass is 467 g/mol. The quantitative estimate of drug-likeness (QED) is 0.556. The van der Waals surface area contributed by atoms with Crippen LogP contribution in [0.2, 0.25) is 10.0 Å². The van der Waals surface area contributed by atoms with Gasteiger partial charge in [-0.05, 0) is 57.2 Å². The van der Waals surface area contributed by atoms with E-state index < -0.39 is 23.5 Å². The van der Waals surface area contributed by atoms with Gasteiger partial charge in [0, 0.05) is 16.4 Å². The van der Waals surface area contributed by atoms with Crippen molar-refractivity contribution in [3.05, 3.63) is 52.5 Å². The van der Waals surface area contributed by atoms with Crippen LogP contribution in [0, 0.1) is 0 Å². The number of alkyl carbamates (subject to hydrolysis) is 1. The van der Waals surface area contributed by atoms with Gasteiger partial charge in [-0.3, -0.25) is 9.59 Å². The van der Waals surface area contributed by atoms with Crippen LogP contribution in [0.25, 0.3) is 0 Å². The number of carbonyl (C=O) groups is 3. The van der Waals surface area contributed by atoms with Crippen molar-refractivity contribution in [1.29, 1.82) is 0 Å². The van der Waals surface area contributed by atoms with Crippen LogP contribution in [0.15, 0.2) is 42.5 Å². The first-order valence-corrected chi connectivity index (χ1v) is 10.0. The summed E-state index contributed by atoms with van der Waals surface area (Å²) in [7, 11) is 0. The fourth-order valence-corrected chi connectivity index (χ4v) is 2.74. The van der Waals surface area contributed by atoms with Gasteiger partial charge in [-0.2, -0.15) is 0 Å². The predicted molar refractivity (Wildman–Crippen MR) is 120 cm³/mol. The molecule has 10 heteroatoms. The van der Waals surface area contributed by atoms with E-state index in [2.05, 4.69) is 16.0 Å². The molecule has 0 aromatic heterocycles. The molecule has 0 atom stereocenters. The number of anilines is 2. The number of carbonyl (C=O) groups excluding carboxylic acids is 3. The Hall–Kier alpha value is -2.97. The smallest absolute Gasteiger partial charge is 0.408 e. The lowest BCUT2D eigenvalue weighted by molar-refractivity contribution is -0.118. The Morgan fingerprint density at radius 2 is 1.58 bits per heavy atom. The van der Waals surface area contributed by atoms with Crippen LogP contribution in [0.1, 0.15) is 20.8 Å². The number of halogens is 2. The summed E-state index contributed by atoms with van der Waals surface area (Å²) in [4.78, 5) is 35.8. The van der Waals surface area contributed by atoms with Gasteiger partial charge in [0.2, 0.25) is 5.91 Å². The van der Waals surface area contributed by atoms with Crippen molar-refractivity contribution < 1.29 is 23.9 Å². The number of benzene rings is 2. The van der Waals surface area contributed by atoms with Gasteiger partial charge in [0.05, 0.1) is 5.02 Å². The predicted octanol–water partition coefficient (Wildman–Crippen LogP) is 4.47. The van der Waals surface area contributed by atoms with Crippen LogP contribution in [0.4, 0.5) is 16.2 Å². The third-order valence-electron chi connectivity index (χ3n) is 3.47. The highest BCUT2D eigenvalue weighted by atomic mass is 35.5. The van der Waals surface area contributed by atoms with Crippen LogP contribution < -0.4 is 20.7 Å². The topological polar surface area (TPSA) is 106 Å². The molecule has 2 rings (SSSR count). The molecule has 0 heterocycles. The summed E-state index contributed by atoms with van der Waals surface area (Å²) in [6.07, 6.45) is -0.690. The van der Waals surface area contributed by atoms with E-state index in [0.29, 0.717) is 27.2 Å².